The maximum atomic E-state index is 12.4. The van der Waals surface area contributed by atoms with Crippen molar-refractivity contribution in [1.82, 2.24) is 4.57 Å². The predicted octanol–water partition coefficient (Wildman–Crippen LogP) is 4.25. The molecular weight excluding hydrogens is 336 g/mol. The second kappa shape index (κ2) is 6.95. The van der Waals surface area contributed by atoms with E-state index in [2.05, 4.69) is 47.6 Å². The minimum atomic E-state index is -0.101. The molecule has 0 aliphatic rings. The summed E-state index contributed by atoms with van der Waals surface area (Å²) in [4.78, 5) is 18.7. The van der Waals surface area contributed by atoms with Crippen LogP contribution in [0.1, 0.15) is 16.7 Å². The van der Waals surface area contributed by atoms with Crippen LogP contribution in [0.15, 0.2) is 46.3 Å². The van der Waals surface area contributed by atoms with E-state index >= 15 is 0 Å². The molecule has 1 aromatic heterocycles. The summed E-state index contributed by atoms with van der Waals surface area (Å²) in [7, 11) is 1.96. The van der Waals surface area contributed by atoms with Crippen LogP contribution in [0.2, 0.25) is 0 Å². The van der Waals surface area contributed by atoms with Crippen LogP contribution < -0.4 is 4.80 Å². The van der Waals surface area contributed by atoms with Gasteiger partial charge in [-0.3, -0.25) is 4.79 Å². The van der Waals surface area contributed by atoms with Crippen molar-refractivity contribution < 1.29 is 4.79 Å². The number of carbonyl (C=O) groups excluding carboxylic acids is 1. The van der Waals surface area contributed by atoms with Crippen molar-refractivity contribution in [2.24, 2.45) is 12.0 Å². The second-order valence-electron chi connectivity index (χ2n) is 5.89. The van der Waals surface area contributed by atoms with Gasteiger partial charge in [0.1, 0.15) is 0 Å². The van der Waals surface area contributed by atoms with Crippen LogP contribution in [0.25, 0.3) is 10.2 Å². The summed E-state index contributed by atoms with van der Waals surface area (Å²) < 4.78 is 3.15. The Morgan fingerprint density at radius 2 is 2.00 bits per heavy atom. The van der Waals surface area contributed by atoms with Crippen molar-refractivity contribution in [3.05, 3.63) is 57.9 Å². The first kappa shape index (κ1) is 17.0. The third-order valence-electron chi connectivity index (χ3n) is 4.08. The van der Waals surface area contributed by atoms with E-state index in [1.54, 1.807) is 23.1 Å². The van der Waals surface area contributed by atoms with Gasteiger partial charge >= 0.3 is 0 Å². The van der Waals surface area contributed by atoms with Crippen LogP contribution in [0.3, 0.4) is 0 Å². The number of aromatic nitrogens is 1. The van der Waals surface area contributed by atoms with Gasteiger partial charge < -0.3 is 4.57 Å². The number of aryl methyl sites for hydroxylation is 3. The summed E-state index contributed by atoms with van der Waals surface area (Å²) in [5.41, 5.74) is 4.46. The van der Waals surface area contributed by atoms with Gasteiger partial charge in [-0.05, 0) is 49.4 Å². The summed E-state index contributed by atoms with van der Waals surface area (Å²) in [5, 5.41) is 0. The zero-order chi connectivity index (χ0) is 17.3. The number of hydrogen-bond acceptors (Lipinski definition) is 3. The molecule has 24 heavy (non-hydrogen) atoms. The van der Waals surface area contributed by atoms with Gasteiger partial charge in [-0.1, -0.05) is 35.1 Å². The van der Waals surface area contributed by atoms with Gasteiger partial charge in [0, 0.05) is 11.9 Å². The normalized spacial score (nSPS) is 12.1. The van der Waals surface area contributed by atoms with Gasteiger partial charge in [-0.15, -0.1) is 11.8 Å². The largest absolute Gasteiger partial charge is 0.319 e. The molecule has 0 N–H and O–H groups in total. The van der Waals surface area contributed by atoms with Crippen LogP contribution in [0.4, 0.5) is 0 Å². The standard InChI is InChI=1S/C19H20N2OS2/c1-12-5-6-13(2)14(9-12)10-18(22)20-19-21(3)16-8-7-15(23-4)11-17(16)24-19/h5-9,11H,10H2,1-4H3. The lowest BCUT2D eigenvalue weighted by Crippen LogP contribution is -2.14. The van der Waals surface area contributed by atoms with E-state index < -0.39 is 0 Å². The second-order valence-corrected chi connectivity index (χ2v) is 7.78. The van der Waals surface area contributed by atoms with E-state index in [0.717, 1.165) is 26.1 Å². The first-order valence-corrected chi connectivity index (χ1v) is 9.79. The molecule has 0 aliphatic carbocycles. The third-order valence-corrected chi connectivity index (χ3v) is 5.90. The first-order valence-electron chi connectivity index (χ1n) is 7.75. The number of carbonyl (C=O) groups is 1. The molecule has 1 amide bonds. The summed E-state index contributed by atoms with van der Waals surface area (Å²) in [6.45, 7) is 4.07. The van der Waals surface area contributed by atoms with Crippen molar-refractivity contribution in [3.8, 4) is 0 Å². The Kier molecular flexibility index (Phi) is 4.92. The lowest BCUT2D eigenvalue weighted by Gasteiger charge is -2.04. The molecule has 124 valence electrons. The fourth-order valence-electron chi connectivity index (χ4n) is 2.65. The molecule has 0 spiro atoms. The van der Waals surface area contributed by atoms with Crippen LogP contribution in [0, 0.1) is 13.8 Å². The number of nitrogens with zero attached hydrogens (tertiary/aromatic N) is 2. The van der Waals surface area contributed by atoms with Crippen molar-refractivity contribution in [3.63, 3.8) is 0 Å². The Bertz CT molecular complexity index is 983. The molecule has 2 aromatic carbocycles. The summed E-state index contributed by atoms with van der Waals surface area (Å²) in [6.07, 6.45) is 2.41. The molecule has 0 saturated heterocycles. The monoisotopic (exact) mass is 356 g/mol. The smallest absolute Gasteiger partial charge is 0.252 e. The van der Waals surface area contributed by atoms with E-state index in [9.17, 15) is 4.79 Å². The predicted molar refractivity (Wildman–Crippen MR) is 103 cm³/mol. The van der Waals surface area contributed by atoms with E-state index in [-0.39, 0.29) is 5.91 Å². The Hall–Kier alpha value is -1.85. The van der Waals surface area contributed by atoms with E-state index in [1.807, 2.05) is 25.5 Å². The summed E-state index contributed by atoms with van der Waals surface area (Å²) in [6, 6.07) is 12.5. The summed E-state index contributed by atoms with van der Waals surface area (Å²) >= 11 is 3.28. The van der Waals surface area contributed by atoms with Gasteiger partial charge in [0.2, 0.25) is 0 Å². The SMILES string of the molecule is CSc1ccc2c(c1)sc(=NC(=O)Cc1cc(C)ccc1C)n2C. The average molecular weight is 357 g/mol. The average Bonchev–Trinajstić information content (AvgIpc) is 2.86. The number of rotatable bonds is 3. The van der Waals surface area contributed by atoms with Gasteiger partial charge in [-0.2, -0.15) is 4.99 Å². The fraction of sp³-hybridized carbons (Fsp3) is 0.263. The molecule has 3 nitrogen and oxygen atoms in total. The highest BCUT2D eigenvalue weighted by molar-refractivity contribution is 7.98. The number of fused-ring (bicyclic) bond motifs is 1. The molecule has 0 bridgehead atoms. The minimum Gasteiger partial charge on any atom is -0.319 e. The molecule has 0 aliphatic heterocycles. The number of thiazole rings is 1. The lowest BCUT2D eigenvalue weighted by atomic mass is 10.0. The van der Waals surface area contributed by atoms with E-state index in [4.69, 9.17) is 0 Å². The molecule has 1 heterocycles. The van der Waals surface area contributed by atoms with Crippen LogP contribution in [-0.2, 0) is 18.3 Å². The topological polar surface area (TPSA) is 34.4 Å². The lowest BCUT2D eigenvalue weighted by molar-refractivity contribution is -0.117. The van der Waals surface area contributed by atoms with Crippen LogP contribution >= 0.6 is 23.1 Å². The first-order chi connectivity index (χ1) is 11.5. The quantitative estimate of drug-likeness (QED) is 0.658. The third kappa shape index (κ3) is 3.47. The van der Waals surface area contributed by atoms with Crippen LogP contribution in [0.5, 0.6) is 0 Å². The minimum absolute atomic E-state index is 0.101. The van der Waals surface area contributed by atoms with Crippen LogP contribution in [-0.4, -0.2) is 16.7 Å². The van der Waals surface area contributed by atoms with Gasteiger partial charge in [-0.25, -0.2) is 0 Å². The molecule has 0 atom stereocenters. The fourth-order valence-corrected chi connectivity index (χ4v) is 4.24. The molecule has 3 rings (SSSR count). The molecule has 0 unspecified atom stereocenters. The molecular formula is C19H20N2OS2. The Labute approximate surface area is 150 Å². The molecule has 0 radical (unpaired) electrons. The highest BCUT2D eigenvalue weighted by atomic mass is 32.2. The van der Waals surface area contributed by atoms with Gasteiger partial charge in [0.05, 0.1) is 16.6 Å². The zero-order valence-electron chi connectivity index (χ0n) is 14.3. The molecule has 0 saturated carbocycles. The maximum absolute atomic E-state index is 12.4. The highest BCUT2D eigenvalue weighted by Crippen LogP contribution is 2.23. The van der Waals surface area contributed by atoms with Gasteiger partial charge in [0.15, 0.2) is 4.80 Å². The molecule has 0 fully saturated rings. The Morgan fingerprint density at radius 3 is 2.75 bits per heavy atom. The molecule has 5 heteroatoms. The van der Waals surface area contributed by atoms with Crippen molar-refractivity contribution in [1.29, 1.82) is 0 Å². The number of thioether (sulfide) groups is 1. The number of amides is 1. The number of benzene rings is 2. The van der Waals surface area contributed by atoms with Crippen molar-refractivity contribution in [2.45, 2.75) is 25.2 Å². The van der Waals surface area contributed by atoms with E-state index in [1.165, 1.54) is 10.5 Å². The number of hydrogen-bond donors (Lipinski definition) is 0. The molecule has 3 aromatic rings. The zero-order valence-corrected chi connectivity index (χ0v) is 15.9. The summed E-state index contributed by atoms with van der Waals surface area (Å²) in [5.74, 6) is -0.101. The Balaban J connectivity index is 1.95. The van der Waals surface area contributed by atoms with Crippen molar-refractivity contribution >= 4 is 39.2 Å². The van der Waals surface area contributed by atoms with Gasteiger partial charge in [0.25, 0.3) is 5.91 Å². The highest BCUT2D eigenvalue weighted by Gasteiger charge is 2.08. The maximum Gasteiger partial charge on any atom is 0.252 e. The Morgan fingerprint density at radius 1 is 1.21 bits per heavy atom. The van der Waals surface area contributed by atoms with E-state index in [0.29, 0.717) is 6.42 Å². The van der Waals surface area contributed by atoms with Crippen molar-refractivity contribution in [2.75, 3.05) is 6.26 Å².